The lowest BCUT2D eigenvalue weighted by molar-refractivity contribution is 0.115. The predicted molar refractivity (Wildman–Crippen MR) is 84.4 cm³/mol. The second kappa shape index (κ2) is 6.95. The Bertz CT molecular complexity index is 657. The molecule has 2 N–H and O–H groups in total. The number of hydrogen-bond acceptors (Lipinski definition) is 5. The molecule has 7 heteroatoms. The van der Waals surface area contributed by atoms with Gasteiger partial charge in [-0.05, 0) is 12.1 Å². The molecule has 1 aliphatic heterocycles. The number of ether oxygens (including phenoxy) is 1. The van der Waals surface area contributed by atoms with Crippen molar-refractivity contribution in [1.82, 2.24) is 14.9 Å². The topological polar surface area (TPSA) is 87.6 Å². The molecule has 1 aromatic carbocycles. The Kier molecular flexibility index (Phi) is 4.56. The van der Waals surface area contributed by atoms with Crippen molar-refractivity contribution in [2.45, 2.75) is 18.9 Å². The van der Waals surface area contributed by atoms with E-state index in [0.29, 0.717) is 24.7 Å². The van der Waals surface area contributed by atoms with Crippen molar-refractivity contribution < 1.29 is 14.6 Å². The van der Waals surface area contributed by atoms with Crippen LogP contribution in [0, 0.1) is 0 Å². The minimum absolute atomic E-state index is 0.0392. The third-order valence-corrected chi connectivity index (χ3v) is 3.65. The van der Waals surface area contributed by atoms with E-state index in [2.05, 4.69) is 15.3 Å². The number of benzene rings is 1. The number of amides is 2. The van der Waals surface area contributed by atoms with Gasteiger partial charge in [0.05, 0.1) is 6.20 Å². The second-order valence-electron chi connectivity index (χ2n) is 5.32. The molecule has 0 bridgehead atoms. The fourth-order valence-corrected chi connectivity index (χ4v) is 2.48. The highest BCUT2D eigenvalue weighted by atomic mass is 16.5. The molecule has 1 fully saturated rings. The average Bonchev–Trinajstić information content (AvgIpc) is 2.56. The molecule has 0 atom stereocenters. The monoisotopic (exact) mass is 314 g/mol. The van der Waals surface area contributed by atoms with Crippen LogP contribution in [0.5, 0.6) is 11.5 Å². The van der Waals surface area contributed by atoms with Crippen molar-refractivity contribution in [2.24, 2.45) is 0 Å². The number of carbonyl (C=O) groups is 1. The zero-order valence-corrected chi connectivity index (χ0v) is 12.6. The van der Waals surface area contributed by atoms with E-state index in [1.165, 1.54) is 12.4 Å². The van der Waals surface area contributed by atoms with Crippen LogP contribution in [0.1, 0.15) is 12.8 Å². The normalized spacial score (nSPS) is 15.2. The quantitative estimate of drug-likeness (QED) is 0.907. The van der Waals surface area contributed by atoms with Crippen molar-refractivity contribution in [3.63, 3.8) is 0 Å². The van der Waals surface area contributed by atoms with Gasteiger partial charge in [0.2, 0.25) is 0 Å². The third-order valence-electron chi connectivity index (χ3n) is 3.65. The second-order valence-corrected chi connectivity index (χ2v) is 5.32. The molecule has 120 valence electrons. The van der Waals surface area contributed by atoms with E-state index in [9.17, 15) is 9.90 Å². The van der Waals surface area contributed by atoms with E-state index in [1.807, 2.05) is 6.07 Å². The Labute approximate surface area is 133 Å². The number of phenols is 1. The smallest absolute Gasteiger partial charge is 0.323 e. The Morgan fingerprint density at radius 2 is 2.13 bits per heavy atom. The van der Waals surface area contributed by atoms with Crippen LogP contribution in [-0.4, -0.2) is 45.2 Å². The number of aromatic hydroxyl groups is 1. The lowest BCUT2D eigenvalue weighted by Gasteiger charge is -2.32. The number of likely N-dealkylation sites (tertiary alicyclic amines) is 1. The van der Waals surface area contributed by atoms with Gasteiger partial charge < -0.3 is 14.7 Å². The number of aromatic nitrogens is 2. The van der Waals surface area contributed by atoms with E-state index in [1.54, 1.807) is 29.3 Å². The first-order chi connectivity index (χ1) is 11.2. The van der Waals surface area contributed by atoms with Crippen molar-refractivity contribution >= 4 is 11.8 Å². The van der Waals surface area contributed by atoms with E-state index in [-0.39, 0.29) is 17.9 Å². The third kappa shape index (κ3) is 4.09. The maximum absolute atomic E-state index is 12.2. The summed E-state index contributed by atoms with van der Waals surface area (Å²) < 4.78 is 5.84. The Balaban J connectivity index is 1.49. The molecule has 2 heterocycles. The molecule has 23 heavy (non-hydrogen) atoms. The average molecular weight is 314 g/mol. The lowest BCUT2D eigenvalue weighted by atomic mass is 10.1. The molecule has 0 aliphatic carbocycles. The van der Waals surface area contributed by atoms with Crippen LogP contribution in [0.2, 0.25) is 0 Å². The maximum Gasteiger partial charge on any atom is 0.323 e. The summed E-state index contributed by atoms with van der Waals surface area (Å²) >= 11 is 0. The first kappa shape index (κ1) is 15.1. The van der Waals surface area contributed by atoms with E-state index in [4.69, 9.17) is 4.74 Å². The van der Waals surface area contributed by atoms with Crippen LogP contribution >= 0.6 is 0 Å². The zero-order valence-electron chi connectivity index (χ0n) is 12.6. The first-order valence-corrected chi connectivity index (χ1v) is 7.48. The van der Waals surface area contributed by atoms with Gasteiger partial charge >= 0.3 is 6.03 Å². The molecule has 0 saturated carbocycles. The van der Waals surface area contributed by atoms with Crippen LogP contribution in [-0.2, 0) is 0 Å². The van der Waals surface area contributed by atoms with Crippen LogP contribution in [0.25, 0.3) is 0 Å². The number of anilines is 1. The molecule has 3 rings (SSSR count). The summed E-state index contributed by atoms with van der Waals surface area (Å²) in [5.41, 5.74) is 0. The van der Waals surface area contributed by atoms with Gasteiger partial charge in [-0.2, -0.15) is 0 Å². The van der Waals surface area contributed by atoms with Gasteiger partial charge in [-0.25, -0.2) is 9.78 Å². The van der Waals surface area contributed by atoms with Gasteiger partial charge in [0.1, 0.15) is 17.6 Å². The number of hydrogen-bond donors (Lipinski definition) is 2. The summed E-state index contributed by atoms with van der Waals surface area (Å²) in [4.78, 5) is 21.8. The fourth-order valence-electron chi connectivity index (χ4n) is 2.48. The highest BCUT2D eigenvalue weighted by Crippen LogP contribution is 2.22. The largest absolute Gasteiger partial charge is 0.508 e. The number of nitrogens with zero attached hydrogens (tertiary/aromatic N) is 3. The van der Waals surface area contributed by atoms with Crippen molar-refractivity contribution in [3.8, 4) is 11.5 Å². The van der Waals surface area contributed by atoms with Crippen molar-refractivity contribution in [3.05, 3.63) is 42.9 Å². The SMILES string of the molecule is O=C(Nc1cnccn1)N1CCC(Oc2cccc(O)c2)CC1. The van der Waals surface area contributed by atoms with Crippen LogP contribution in [0.3, 0.4) is 0 Å². The summed E-state index contributed by atoms with van der Waals surface area (Å²) in [5, 5.41) is 12.2. The van der Waals surface area contributed by atoms with Crippen LogP contribution in [0.15, 0.2) is 42.9 Å². The summed E-state index contributed by atoms with van der Waals surface area (Å²) in [7, 11) is 0. The number of urea groups is 1. The highest BCUT2D eigenvalue weighted by molar-refractivity contribution is 5.88. The number of rotatable bonds is 3. The van der Waals surface area contributed by atoms with Gasteiger partial charge in [0, 0.05) is 44.4 Å². The maximum atomic E-state index is 12.2. The van der Waals surface area contributed by atoms with Crippen LogP contribution < -0.4 is 10.1 Å². The number of phenolic OH excluding ortho intramolecular Hbond substituents is 1. The van der Waals surface area contributed by atoms with E-state index in [0.717, 1.165) is 12.8 Å². The van der Waals surface area contributed by atoms with E-state index >= 15 is 0 Å². The molecule has 2 aromatic rings. The minimum Gasteiger partial charge on any atom is -0.508 e. The number of piperidine rings is 1. The van der Waals surface area contributed by atoms with Crippen LogP contribution in [0.4, 0.5) is 10.6 Å². The molecule has 0 radical (unpaired) electrons. The molecule has 1 aliphatic rings. The molecule has 0 unspecified atom stereocenters. The van der Waals surface area contributed by atoms with Gasteiger partial charge in [0.15, 0.2) is 5.82 Å². The molecule has 7 nitrogen and oxygen atoms in total. The molecule has 0 spiro atoms. The summed E-state index contributed by atoms with van der Waals surface area (Å²) in [6.45, 7) is 1.21. The van der Waals surface area contributed by atoms with Crippen molar-refractivity contribution in [2.75, 3.05) is 18.4 Å². The Morgan fingerprint density at radius 1 is 1.30 bits per heavy atom. The lowest BCUT2D eigenvalue weighted by Crippen LogP contribution is -2.43. The standard InChI is InChI=1S/C16H18N4O3/c21-12-2-1-3-14(10-12)23-13-4-8-20(9-5-13)16(22)19-15-11-17-6-7-18-15/h1-3,6-7,10-11,13,21H,4-5,8-9H2,(H,18,19,22). The van der Waals surface area contributed by atoms with Gasteiger partial charge in [-0.1, -0.05) is 6.07 Å². The molecular weight excluding hydrogens is 296 g/mol. The van der Waals surface area contributed by atoms with Gasteiger partial charge in [0.25, 0.3) is 0 Å². The van der Waals surface area contributed by atoms with Gasteiger partial charge in [-0.15, -0.1) is 0 Å². The Hall–Kier alpha value is -2.83. The summed E-state index contributed by atoms with van der Waals surface area (Å²) in [6.07, 6.45) is 6.12. The minimum atomic E-state index is -0.179. The molecule has 1 aromatic heterocycles. The number of carbonyl (C=O) groups excluding carboxylic acids is 1. The zero-order chi connectivity index (χ0) is 16.1. The first-order valence-electron chi connectivity index (χ1n) is 7.48. The molecule has 2 amide bonds. The summed E-state index contributed by atoms with van der Waals surface area (Å²) in [5.74, 6) is 1.27. The van der Waals surface area contributed by atoms with Gasteiger partial charge in [-0.3, -0.25) is 10.3 Å². The highest BCUT2D eigenvalue weighted by Gasteiger charge is 2.24. The number of nitrogens with one attached hydrogen (secondary N) is 1. The van der Waals surface area contributed by atoms with E-state index < -0.39 is 0 Å². The summed E-state index contributed by atoms with van der Waals surface area (Å²) in [6, 6.07) is 6.57. The predicted octanol–water partition coefficient (Wildman–Crippen LogP) is 2.26. The van der Waals surface area contributed by atoms with Crippen molar-refractivity contribution in [1.29, 1.82) is 0 Å². The fraction of sp³-hybridized carbons (Fsp3) is 0.312. The Morgan fingerprint density at radius 3 is 2.83 bits per heavy atom. The molecular formula is C16H18N4O3. The molecule has 1 saturated heterocycles.